The Morgan fingerprint density at radius 1 is 1.20 bits per heavy atom. The Bertz CT molecular complexity index is 630. The molecule has 5 nitrogen and oxygen atoms in total. The molecule has 1 saturated heterocycles. The molecule has 25 heavy (non-hydrogen) atoms. The third kappa shape index (κ3) is 3.57. The zero-order chi connectivity index (χ0) is 17.2. The largest absolute Gasteiger partial charge is 0.338 e. The van der Waals surface area contributed by atoms with Crippen molar-refractivity contribution in [2.24, 2.45) is 5.92 Å². The lowest BCUT2D eigenvalue weighted by molar-refractivity contribution is -0.139. The molecule has 1 aromatic heterocycles. The van der Waals surface area contributed by atoms with Crippen LogP contribution in [0.1, 0.15) is 62.5 Å². The predicted molar refractivity (Wildman–Crippen MR) is 97.1 cm³/mol. The number of likely N-dealkylation sites (tertiary alicyclic amines) is 1. The summed E-state index contributed by atoms with van der Waals surface area (Å²) < 4.78 is 0. The Labute approximate surface area is 150 Å². The van der Waals surface area contributed by atoms with Crippen LogP contribution in [-0.4, -0.2) is 51.4 Å². The van der Waals surface area contributed by atoms with Gasteiger partial charge in [0.2, 0.25) is 5.91 Å². The van der Waals surface area contributed by atoms with Gasteiger partial charge in [-0.1, -0.05) is 19.8 Å². The smallest absolute Gasteiger partial charge is 0.237 e. The number of amides is 1. The van der Waals surface area contributed by atoms with Gasteiger partial charge in [0.25, 0.3) is 0 Å². The molecule has 0 aromatic carbocycles. The number of aryl methyl sites for hydroxylation is 1. The fourth-order valence-corrected chi connectivity index (χ4v) is 4.92. The Morgan fingerprint density at radius 2 is 2.04 bits per heavy atom. The summed E-state index contributed by atoms with van der Waals surface area (Å²) in [5.41, 5.74) is 2.38. The number of hydrogen-bond donors (Lipinski definition) is 0. The second kappa shape index (κ2) is 7.40. The van der Waals surface area contributed by atoms with Crippen LogP contribution in [0.2, 0.25) is 0 Å². The van der Waals surface area contributed by atoms with Crippen molar-refractivity contribution in [2.45, 2.75) is 70.9 Å². The van der Waals surface area contributed by atoms with Gasteiger partial charge in [0, 0.05) is 38.3 Å². The van der Waals surface area contributed by atoms with Crippen LogP contribution in [0.3, 0.4) is 0 Å². The van der Waals surface area contributed by atoms with Crippen molar-refractivity contribution < 1.29 is 4.79 Å². The number of hydrogen-bond acceptors (Lipinski definition) is 4. The molecule has 2 fully saturated rings. The SMILES string of the molecule is CCc1ncc2c(n1)CN(CC(=O)N1CCC[C@@H]3CCCC[C@H]31)CC2. The third-order valence-corrected chi connectivity index (χ3v) is 6.31. The van der Waals surface area contributed by atoms with Gasteiger partial charge in [-0.05, 0) is 43.6 Å². The summed E-state index contributed by atoms with van der Waals surface area (Å²) >= 11 is 0. The number of aromatic nitrogens is 2. The first-order valence-electron chi connectivity index (χ1n) is 10.1. The fraction of sp³-hybridized carbons (Fsp3) is 0.750. The van der Waals surface area contributed by atoms with Gasteiger partial charge in [-0.25, -0.2) is 9.97 Å². The molecular weight excluding hydrogens is 312 g/mol. The van der Waals surface area contributed by atoms with Crippen LogP contribution in [0.25, 0.3) is 0 Å². The number of nitrogens with zero attached hydrogens (tertiary/aromatic N) is 4. The maximum absolute atomic E-state index is 13.0. The van der Waals surface area contributed by atoms with Gasteiger partial charge in [-0.3, -0.25) is 9.69 Å². The summed E-state index contributed by atoms with van der Waals surface area (Å²) in [4.78, 5) is 26.6. The third-order valence-electron chi connectivity index (χ3n) is 6.31. The molecule has 1 aromatic rings. The summed E-state index contributed by atoms with van der Waals surface area (Å²) in [6, 6.07) is 0.515. The number of rotatable bonds is 3. The van der Waals surface area contributed by atoms with E-state index in [1.54, 1.807) is 0 Å². The molecule has 2 atom stereocenters. The summed E-state index contributed by atoms with van der Waals surface area (Å²) in [5, 5.41) is 0. The Balaban J connectivity index is 1.40. The predicted octanol–water partition coefficient (Wildman–Crippen LogP) is 2.58. The molecule has 1 saturated carbocycles. The van der Waals surface area contributed by atoms with E-state index in [1.165, 1.54) is 44.1 Å². The molecule has 0 bridgehead atoms. The van der Waals surface area contributed by atoms with Gasteiger partial charge in [0.05, 0.1) is 12.2 Å². The molecule has 1 aliphatic carbocycles. The van der Waals surface area contributed by atoms with Crippen molar-refractivity contribution >= 4 is 5.91 Å². The van der Waals surface area contributed by atoms with Crippen LogP contribution >= 0.6 is 0 Å². The van der Waals surface area contributed by atoms with Crippen LogP contribution in [-0.2, 0) is 24.2 Å². The molecule has 3 heterocycles. The molecule has 4 rings (SSSR count). The van der Waals surface area contributed by atoms with E-state index in [0.717, 1.165) is 49.9 Å². The molecule has 0 N–H and O–H groups in total. The quantitative estimate of drug-likeness (QED) is 0.847. The van der Waals surface area contributed by atoms with Gasteiger partial charge in [-0.15, -0.1) is 0 Å². The minimum Gasteiger partial charge on any atom is -0.338 e. The van der Waals surface area contributed by atoms with E-state index < -0.39 is 0 Å². The van der Waals surface area contributed by atoms with E-state index in [-0.39, 0.29) is 0 Å². The lowest BCUT2D eigenvalue weighted by Gasteiger charge is -2.44. The normalized spacial score (nSPS) is 26.8. The number of piperidine rings is 1. The van der Waals surface area contributed by atoms with Crippen LogP contribution in [0.15, 0.2) is 6.20 Å². The van der Waals surface area contributed by atoms with E-state index in [0.29, 0.717) is 18.5 Å². The summed E-state index contributed by atoms with van der Waals surface area (Å²) in [5.74, 6) is 2.01. The lowest BCUT2D eigenvalue weighted by atomic mass is 9.78. The highest BCUT2D eigenvalue weighted by Crippen LogP contribution is 2.35. The molecule has 136 valence electrons. The fourth-order valence-electron chi connectivity index (χ4n) is 4.92. The highest BCUT2D eigenvalue weighted by atomic mass is 16.2. The Hall–Kier alpha value is -1.49. The minimum absolute atomic E-state index is 0.338. The van der Waals surface area contributed by atoms with Crippen molar-refractivity contribution in [3.63, 3.8) is 0 Å². The van der Waals surface area contributed by atoms with E-state index in [2.05, 4.69) is 26.7 Å². The van der Waals surface area contributed by atoms with E-state index in [1.807, 2.05) is 6.20 Å². The lowest BCUT2D eigenvalue weighted by Crippen LogP contribution is -2.52. The summed E-state index contributed by atoms with van der Waals surface area (Å²) in [6.07, 6.45) is 11.5. The molecule has 0 unspecified atom stereocenters. The first-order valence-corrected chi connectivity index (χ1v) is 10.1. The average molecular weight is 342 g/mol. The summed E-state index contributed by atoms with van der Waals surface area (Å²) in [7, 11) is 0. The van der Waals surface area contributed by atoms with Crippen molar-refractivity contribution in [3.8, 4) is 0 Å². The zero-order valence-corrected chi connectivity index (χ0v) is 15.4. The maximum atomic E-state index is 13.0. The van der Waals surface area contributed by atoms with Crippen LogP contribution in [0, 0.1) is 5.92 Å². The highest BCUT2D eigenvalue weighted by molar-refractivity contribution is 5.78. The molecular formula is C20H30N4O. The molecule has 3 aliphatic rings. The molecule has 5 heteroatoms. The van der Waals surface area contributed by atoms with E-state index in [9.17, 15) is 4.79 Å². The zero-order valence-electron chi connectivity index (χ0n) is 15.4. The number of carbonyl (C=O) groups is 1. The van der Waals surface area contributed by atoms with E-state index >= 15 is 0 Å². The molecule has 1 amide bonds. The van der Waals surface area contributed by atoms with Crippen molar-refractivity contribution in [1.82, 2.24) is 19.8 Å². The Kier molecular flexibility index (Phi) is 5.02. The van der Waals surface area contributed by atoms with Crippen LogP contribution in [0.4, 0.5) is 0 Å². The van der Waals surface area contributed by atoms with Crippen LogP contribution < -0.4 is 0 Å². The number of fused-ring (bicyclic) bond motifs is 2. The second-order valence-corrected chi connectivity index (χ2v) is 7.91. The second-order valence-electron chi connectivity index (χ2n) is 7.91. The highest BCUT2D eigenvalue weighted by Gasteiger charge is 2.36. The van der Waals surface area contributed by atoms with Gasteiger partial charge in [-0.2, -0.15) is 0 Å². The van der Waals surface area contributed by atoms with Crippen molar-refractivity contribution in [2.75, 3.05) is 19.6 Å². The van der Waals surface area contributed by atoms with Gasteiger partial charge >= 0.3 is 0 Å². The molecule has 2 aliphatic heterocycles. The molecule has 0 radical (unpaired) electrons. The first kappa shape index (κ1) is 17.0. The average Bonchev–Trinajstić information content (AvgIpc) is 2.66. The number of carbonyl (C=O) groups excluding carboxylic acids is 1. The van der Waals surface area contributed by atoms with Crippen molar-refractivity contribution in [1.29, 1.82) is 0 Å². The van der Waals surface area contributed by atoms with Gasteiger partial charge in [0.15, 0.2) is 0 Å². The summed E-state index contributed by atoms with van der Waals surface area (Å²) in [6.45, 7) is 5.33. The maximum Gasteiger partial charge on any atom is 0.237 e. The van der Waals surface area contributed by atoms with E-state index in [4.69, 9.17) is 0 Å². The van der Waals surface area contributed by atoms with Gasteiger partial charge < -0.3 is 4.90 Å². The standard InChI is InChI=1S/C20H30N4O/c1-2-19-21-12-16-9-11-23(13-17(16)22-19)14-20(25)24-10-5-7-15-6-3-4-8-18(15)24/h12,15,18H,2-11,13-14H2,1H3/t15-,18+/m0/s1. The van der Waals surface area contributed by atoms with Gasteiger partial charge in [0.1, 0.15) is 5.82 Å². The minimum atomic E-state index is 0.338. The topological polar surface area (TPSA) is 49.3 Å². The Morgan fingerprint density at radius 3 is 2.92 bits per heavy atom. The first-order chi connectivity index (χ1) is 12.2. The molecule has 0 spiro atoms. The monoisotopic (exact) mass is 342 g/mol. The van der Waals surface area contributed by atoms with Crippen LogP contribution in [0.5, 0.6) is 0 Å². The van der Waals surface area contributed by atoms with Crippen molar-refractivity contribution in [3.05, 3.63) is 23.3 Å².